The van der Waals surface area contributed by atoms with Crippen LogP contribution in [0.2, 0.25) is 0 Å². The van der Waals surface area contributed by atoms with Gasteiger partial charge in [0.1, 0.15) is 6.29 Å². The monoisotopic (exact) mass is 118 g/mol. The number of carbonyl (C=O) groups excluding carboxylic acids is 1. The van der Waals surface area contributed by atoms with E-state index in [1.807, 2.05) is 18.2 Å². The summed E-state index contributed by atoms with van der Waals surface area (Å²) in [6.07, 6.45) is 7.39. The largest absolute Gasteiger partial charge is 1.00 e. The molecule has 0 aliphatic heterocycles. The van der Waals surface area contributed by atoms with E-state index < -0.39 is 0 Å². The van der Waals surface area contributed by atoms with Gasteiger partial charge in [-0.15, -0.1) is 0 Å². The second-order valence-electron chi connectivity index (χ2n) is 1.49. The number of carbonyl (C=O) groups is 1. The molecule has 8 heavy (non-hydrogen) atoms. The third-order valence-electron chi connectivity index (χ3n) is 0.951. The van der Waals surface area contributed by atoms with Gasteiger partial charge in [0.2, 0.25) is 0 Å². The molecule has 38 valence electrons. The summed E-state index contributed by atoms with van der Waals surface area (Å²) in [6.45, 7) is 0. The summed E-state index contributed by atoms with van der Waals surface area (Å²) in [6, 6.07) is 0. The quantitative estimate of drug-likeness (QED) is 0.293. The normalized spacial score (nSPS) is 14.8. The van der Waals surface area contributed by atoms with Gasteiger partial charge in [-0.25, -0.2) is 0 Å². The standard InChI is InChI=1S/C6H6O.Na.H/c7-5-6-3-1-2-4-6;;/h1-3,5H,4H2;;/q;+1;-1. The van der Waals surface area contributed by atoms with Crippen molar-refractivity contribution in [1.82, 2.24) is 0 Å². The maximum absolute atomic E-state index is 9.90. The third kappa shape index (κ3) is 1.95. The maximum Gasteiger partial charge on any atom is 1.00 e. The Balaban J connectivity index is 0. The minimum absolute atomic E-state index is 0. The van der Waals surface area contributed by atoms with E-state index in [2.05, 4.69) is 0 Å². The van der Waals surface area contributed by atoms with Crippen molar-refractivity contribution < 1.29 is 35.8 Å². The first kappa shape index (κ1) is 8.15. The molecule has 0 saturated carbocycles. The molecule has 0 amide bonds. The van der Waals surface area contributed by atoms with Crippen LogP contribution in [0.4, 0.5) is 0 Å². The van der Waals surface area contributed by atoms with Gasteiger partial charge in [-0.05, 0) is 12.0 Å². The van der Waals surface area contributed by atoms with Gasteiger partial charge in [0.15, 0.2) is 0 Å². The number of hydrogen-bond donors (Lipinski definition) is 0. The Bertz CT molecular complexity index is 140. The van der Waals surface area contributed by atoms with Crippen LogP contribution in [-0.2, 0) is 4.79 Å². The van der Waals surface area contributed by atoms with E-state index in [-0.39, 0.29) is 31.0 Å². The van der Waals surface area contributed by atoms with Gasteiger partial charge in [-0.1, -0.05) is 18.2 Å². The van der Waals surface area contributed by atoms with Gasteiger partial charge < -0.3 is 1.43 Å². The molecule has 0 aromatic carbocycles. The van der Waals surface area contributed by atoms with Crippen LogP contribution < -0.4 is 29.6 Å². The third-order valence-corrected chi connectivity index (χ3v) is 0.951. The Morgan fingerprint density at radius 1 is 1.75 bits per heavy atom. The van der Waals surface area contributed by atoms with E-state index >= 15 is 0 Å². The van der Waals surface area contributed by atoms with Crippen molar-refractivity contribution in [2.75, 3.05) is 0 Å². The van der Waals surface area contributed by atoms with Crippen LogP contribution in [0.5, 0.6) is 0 Å². The summed E-state index contributed by atoms with van der Waals surface area (Å²) in [5, 5.41) is 0. The molecule has 0 aromatic heterocycles. The van der Waals surface area contributed by atoms with E-state index in [4.69, 9.17) is 0 Å². The minimum atomic E-state index is 0. The van der Waals surface area contributed by atoms with Crippen molar-refractivity contribution in [2.24, 2.45) is 0 Å². The molecule has 0 N–H and O–H groups in total. The van der Waals surface area contributed by atoms with Crippen molar-refractivity contribution in [2.45, 2.75) is 6.42 Å². The molecule has 1 aliphatic rings. The van der Waals surface area contributed by atoms with Crippen LogP contribution in [0, 0.1) is 0 Å². The first-order valence-corrected chi connectivity index (χ1v) is 2.24. The fraction of sp³-hybridized carbons (Fsp3) is 0.167. The van der Waals surface area contributed by atoms with Crippen molar-refractivity contribution >= 4 is 6.29 Å². The second-order valence-corrected chi connectivity index (χ2v) is 1.49. The summed E-state index contributed by atoms with van der Waals surface area (Å²) in [7, 11) is 0. The molecule has 1 rings (SSSR count). The van der Waals surface area contributed by atoms with Gasteiger partial charge in [0.25, 0.3) is 0 Å². The van der Waals surface area contributed by atoms with Crippen LogP contribution in [0.25, 0.3) is 0 Å². The Morgan fingerprint density at radius 2 is 2.50 bits per heavy atom. The molecule has 0 spiro atoms. The second kappa shape index (κ2) is 4.07. The van der Waals surface area contributed by atoms with Crippen LogP contribution in [0.3, 0.4) is 0 Å². The predicted octanol–water partition coefficient (Wildman–Crippen LogP) is -1.81. The van der Waals surface area contributed by atoms with Gasteiger partial charge >= 0.3 is 29.6 Å². The van der Waals surface area contributed by atoms with Crippen LogP contribution >= 0.6 is 0 Å². The first-order valence-electron chi connectivity index (χ1n) is 2.24. The summed E-state index contributed by atoms with van der Waals surface area (Å²) in [4.78, 5) is 9.90. The zero-order valence-electron chi connectivity index (χ0n) is 5.92. The van der Waals surface area contributed by atoms with Crippen LogP contribution in [0.1, 0.15) is 7.85 Å². The molecular weight excluding hydrogens is 111 g/mol. The summed E-state index contributed by atoms with van der Waals surface area (Å²) in [5.74, 6) is 0. The van der Waals surface area contributed by atoms with E-state index in [9.17, 15) is 4.79 Å². The van der Waals surface area contributed by atoms with E-state index in [1.165, 1.54) is 0 Å². The zero-order valence-corrected chi connectivity index (χ0v) is 6.92. The van der Waals surface area contributed by atoms with Crippen molar-refractivity contribution in [3.05, 3.63) is 23.8 Å². The zero-order chi connectivity index (χ0) is 5.11. The number of hydrogen-bond acceptors (Lipinski definition) is 1. The Hall–Kier alpha value is 0.150. The molecule has 0 radical (unpaired) electrons. The number of aldehydes is 1. The fourth-order valence-corrected chi connectivity index (χ4v) is 0.551. The SMILES string of the molecule is O=CC1=CC=CC1.[H-].[Na+]. The van der Waals surface area contributed by atoms with Crippen molar-refractivity contribution in [1.29, 1.82) is 0 Å². The first-order chi connectivity index (χ1) is 3.43. The summed E-state index contributed by atoms with van der Waals surface area (Å²) in [5.41, 5.74) is 0.875. The van der Waals surface area contributed by atoms with Gasteiger partial charge in [-0.2, -0.15) is 0 Å². The molecular formula is C6H7NaO. The van der Waals surface area contributed by atoms with Crippen molar-refractivity contribution in [3.8, 4) is 0 Å². The predicted molar refractivity (Wildman–Crippen MR) is 29.0 cm³/mol. The van der Waals surface area contributed by atoms with Crippen LogP contribution in [0.15, 0.2) is 23.8 Å². The summed E-state index contributed by atoms with van der Waals surface area (Å²) >= 11 is 0. The molecule has 1 nitrogen and oxygen atoms in total. The molecule has 0 fully saturated rings. The maximum atomic E-state index is 9.90. The molecule has 0 saturated heterocycles. The molecule has 2 heteroatoms. The Labute approximate surface area is 72.2 Å². The van der Waals surface area contributed by atoms with E-state index in [0.29, 0.717) is 0 Å². The van der Waals surface area contributed by atoms with Crippen molar-refractivity contribution in [3.63, 3.8) is 0 Å². The average Bonchev–Trinajstić information content (AvgIpc) is 2.14. The Kier molecular flexibility index (Phi) is 4.15. The van der Waals surface area contributed by atoms with Gasteiger partial charge in [-0.3, -0.25) is 4.79 Å². The van der Waals surface area contributed by atoms with Crippen LogP contribution in [-0.4, -0.2) is 6.29 Å². The molecule has 0 bridgehead atoms. The topological polar surface area (TPSA) is 17.1 Å². The van der Waals surface area contributed by atoms with Gasteiger partial charge in [0, 0.05) is 0 Å². The fourth-order valence-electron chi connectivity index (χ4n) is 0.551. The minimum Gasteiger partial charge on any atom is -1.00 e. The average molecular weight is 118 g/mol. The Morgan fingerprint density at radius 3 is 2.75 bits per heavy atom. The smallest absolute Gasteiger partial charge is 1.00 e. The molecule has 0 aromatic rings. The molecule has 0 heterocycles. The number of allylic oxidation sites excluding steroid dienone is 4. The van der Waals surface area contributed by atoms with E-state index in [0.717, 1.165) is 18.3 Å². The number of rotatable bonds is 1. The molecule has 0 atom stereocenters. The van der Waals surface area contributed by atoms with Gasteiger partial charge in [0.05, 0.1) is 0 Å². The van der Waals surface area contributed by atoms with E-state index in [1.54, 1.807) is 0 Å². The molecule has 0 unspecified atom stereocenters. The summed E-state index contributed by atoms with van der Waals surface area (Å²) < 4.78 is 0. The molecule has 1 aliphatic carbocycles.